The molecule has 0 radical (unpaired) electrons. The first-order valence-corrected chi connectivity index (χ1v) is 4.12. The van der Waals surface area contributed by atoms with Crippen molar-refractivity contribution in [2.45, 2.75) is 13.8 Å². The zero-order valence-electron chi connectivity index (χ0n) is 7.70. The van der Waals surface area contributed by atoms with Gasteiger partial charge in [-0.05, 0) is 31.5 Å². The Morgan fingerprint density at radius 1 is 1.54 bits per heavy atom. The molecule has 0 bridgehead atoms. The molecule has 1 aromatic rings. The number of ether oxygens (including phenoxy) is 1. The zero-order chi connectivity index (χ0) is 9.84. The Labute approximate surface area is 77.0 Å². The van der Waals surface area contributed by atoms with Gasteiger partial charge in [-0.2, -0.15) is 0 Å². The van der Waals surface area contributed by atoms with E-state index in [9.17, 15) is 4.79 Å². The number of hydrogen-bond acceptors (Lipinski definition) is 2. The van der Waals surface area contributed by atoms with Gasteiger partial charge in [0.1, 0.15) is 5.75 Å². The fourth-order valence-corrected chi connectivity index (χ4v) is 1.04. The number of benzene rings is 1. The molecule has 0 aliphatic rings. The molecular formula is C10H12O3. The van der Waals surface area contributed by atoms with Gasteiger partial charge in [0.15, 0.2) is 0 Å². The van der Waals surface area contributed by atoms with Crippen molar-refractivity contribution in [3.63, 3.8) is 0 Å². The molecule has 0 saturated carbocycles. The van der Waals surface area contributed by atoms with Crippen LogP contribution in [-0.2, 0) is 0 Å². The van der Waals surface area contributed by atoms with Crippen molar-refractivity contribution in [1.29, 1.82) is 0 Å². The summed E-state index contributed by atoms with van der Waals surface area (Å²) in [7, 11) is 0. The summed E-state index contributed by atoms with van der Waals surface area (Å²) in [4.78, 5) is 10.6. The minimum absolute atomic E-state index is 0.258. The van der Waals surface area contributed by atoms with E-state index in [1.165, 1.54) is 0 Å². The number of carboxylic acids is 1. The van der Waals surface area contributed by atoms with E-state index >= 15 is 0 Å². The van der Waals surface area contributed by atoms with Crippen molar-refractivity contribution in [3.8, 4) is 5.75 Å². The monoisotopic (exact) mass is 180 g/mol. The SMILES string of the molecule is CCOc1cc(C(=O)O)ccc1C. The van der Waals surface area contributed by atoms with Crippen molar-refractivity contribution < 1.29 is 14.6 Å². The fourth-order valence-electron chi connectivity index (χ4n) is 1.04. The molecule has 3 heteroatoms. The number of rotatable bonds is 3. The third-order valence-electron chi connectivity index (χ3n) is 1.73. The number of carbonyl (C=O) groups is 1. The number of hydrogen-bond donors (Lipinski definition) is 1. The maximum Gasteiger partial charge on any atom is 0.335 e. The Kier molecular flexibility index (Phi) is 2.90. The van der Waals surface area contributed by atoms with Crippen molar-refractivity contribution in [3.05, 3.63) is 29.3 Å². The topological polar surface area (TPSA) is 46.5 Å². The number of aromatic carboxylic acids is 1. The van der Waals surface area contributed by atoms with Gasteiger partial charge in [-0.25, -0.2) is 4.79 Å². The highest BCUT2D eigenvalue weighted by atomic mass is 16.5. The standard InChI is InChI=1S/C10H12O3/c1-3-13-9-6-8(10(11)12)5-4-7(9)2/h4-6H,3H2,1-2H3,(H,11,12). The molecule has 0 amide bonds. The summed E-state index contributed by atoms with van der Waals surface area (Å²) in [5.41, 5.74) is 1.21. The van der Waals surface area contributed by atoms with E-state index < -0.39 is 5.97 Å². The van der Waals surface area contributed by atoms with Gasteiger partial charge in [-0.3, -0.25) is 0 Å². The summed E-state index contributed by atoms with van der Waals surface area (Å²) in [5, 5.41) is 8.71. The van der Waals surface area contributed by atoms with Crippen molar-refractivity contribution in [2.24, 2.45) is 0 Å². The first-order valence-electron chi connectivity index (χ1n) is 4.12. The Morgan fingerprint density at radius 3 is 2.77 bits per heavy atom. The second-order valence-electron chi connectivity index (χ2n) is 2.72. The van der Waals surface area contributed by atoms with E-state index in [1.54, 1.807) is 18.2 Å². The van der Waals surface area contributed by atoms with Crippen LogP contribution in [-0.4, -0.2) is 17.7 Å². The van der Waals surface area contributed by atoms with Gasteiger partial charge in [-0.15, -0.1) is 0 Å². The van der Waals surface area contributed by atoms with Gasteiger partial charge in [0.05, 0.1) is 12.2 Å². The summed E-state index contributed by atoms with van der Waals surface area (Å²) in [6.07, 6.45) is 0. The summed E-state index contributed by atoms with van der Waals surface area (Å²) < 4.78 is 5.26. The molecule has 0 aliphatic carbocycles. The third-order valence-corrected chi connectivity index (χ3v) is 1.73. The third kappa shape index (κ3) is 2.21. The summed E-state index contributed by atoms with van der Waals surface area (Å²) in [5.74, 6) is -0.289. The van der Waals surface area contributed by atoms with Crippen LogP contribution in [0.5, 0.6) is 5.75 Å². The summed E-state index contributed by atoms with van der Waals surface area (Å²) in [6.45, 7) is 4.30. The van der Waals surface area contributed by atoms with Crippen LogP contribution in [0.2, 0.25) is 0 Å². The van der Waals surface area contributed by atoms with Crippen LogP contribution in [0.3, 0.4) is 0 Å². The molecule has 0 heterocycles. The van der Waals surface area contributed by atoms with Gasteiger partial charge >= 0.3 is 5.97 Å². The van der Waals surface area contributed by atoms with Gasteiger partial charge < -0.3 is 9.84 Å². The van der Waals surface area contributed by atoms with E-state index in [-0.39, 0.29) is 5.56 Å². The smallest absolute Gasteiger partial charge is 0.335 e. The summed E-state index contributed by atoms with van der Waals surface area (Å²) in [6, 6.07) is 4.86. The average Bonchev–Trinajstić information content (AvgIpc) is 2.08. The quantitative estimate of drug-likeness (QED) is 0.774. The molecule has 0 unspecified atom stereocenters. The van der Waals surface area contributed by atoms with E-state index in [4.69, 9.17) is 9.84 Å². The Morgan fingerprint density at radius 2 is 2.23 bits per heavy atom. The second kappa shape index (κ2) is 3.94. The molecule has 0 spiro atoms. The first kappa shape index (κ1) is 9.58. The minimum Gasteiger partial charge on any atom is -0.494 e. The van der Waals surface area contributed by atoms with Gasteiger partial charge in [0, 0.05) is 0 Å². The highest BCUT2D eigenvalue weighted by Crippen LogP contribution is 2.19. The highest BCUT2D eigenvalue weighted by Gasteiger charge is 2.05. The molecule has 0 saturated heterocycles. The molecule has 3 nitrogen and oxygen atoms in total. The fraction of sp³-hybridized carbons (Fsp3) is 0.300. The average molecular weight is 180 g/mol. The molecule has 13 heavy (non-hydrogen) atoms. The molecule has 0 aliphatic heterocycles. The van der Waals surface area contributed by atoms with Crippen LogP contribution in [0.4, 0.5) is 0 Å². The lowest BCUT2D eigenvalue weighted by atomic mass is 10.1. The van der Waals surface area contributed by atoms with Crippen LogP contribution in [0.15, 0.2) is 18.2 Å². The molecule has 0 aromatic heterocycles. The van der Waals surface area contributed by atoms with E-state index in [0.29, 0.717) is 12.4 Å². The van der Waals surface area contributed by atoms with Crippen molar-refractivity contribution in [2.75, 3.05) is 6.61 Å². The van der Waals surface area contributed by atoms with Crippen LogP contribution in [0, 0.1) is 6.92 Å². The number of carboxylic acid groups (broad SMARTS) is 1. The van der Waals surface area contributed by atoms with Crippen molar-refractivity contribution in [1.82, 2.24) is 0 Å². The largest absolute Gasteiger partial charge is 0.494 e. The van der Waals surface area contributed by atoms with E-state index in [2.05, 4.69) is 0 Å². The lowest BCUT2D eigenvalue weighted by Crippen LogP contribution is -1.99. The van der Waals surface area contributed by atoms with Gasteiger partial charge in [-0.1, -0.05) is 6.07 Å². The predicted molar refractivity (Wildman–Crippen MR) is 49.3 cm³/mol. The lowest BCUT2D eigenvalue weighted by Gasteiger charge is -2.06. The van der Waals surface area contributed by atoms with Crippen LogP contribution in [0.1, 0.15) is 22.8 Å². The molecule has 0 atom stereocenters. The lowest BCUT2D eigenvalue weighted by molar-refractivity contribution is 0.0696. The van der Waals surface area contributed by atoms with Gasteiger partial charge in [0.25, 0.3) is 0 Å². The normalized spacial score (nSPS) is 9.69. The molecule has 70 valence electrons. The van der Waals surface area contributed by atoms with E-state index in [0.717, 1.165) is 5.56 Å². The maximum absolute atomic E-state index is 10.6. The van der Waals surface area contributed by atoms with Gasteiger partial charge in [0.2, 0.25) is 0 Å². The molecule has 1 rings (SSSR count). The predicted octanol–water partition coefficient (Wildman–Crippen LogP) is 2.09. The zero-order valence-corrected chi connectivity index (χ0v) is 7.70. The van der Waals surface area contributed by atoms with Crippen LogP contribution >= 0.6 is 0 Å². The Balaban J connectivity index is 3.03. The summed E-state index contributed by atoms with van der Waals surface area (Å²) >= 11 is 0. The molecule has 0 fully saturated rings. The number of aryl methyl sites for hydroxylation is 1. The molecule has 1 aromatic carbocycles. The maximum atomic E-state index is 10.6. The Hall–Kier alpha value is -1.51. The van der Waals surface area contributed by atoms with Crippen LogP contribution in [0.25, 0.3) is 0 Å². The molecular weight excluding hydrogens is 168 g/mol. The Bertz CT molecular complexity index is 318. The van der Waals surface area contributed by atoms with Crippen molar-refractivity contribution >= 4 is 5.97 Å². The second-order valence-corrected chi connectivity index (χ2v) is 2.72. The highest BCUT2D eigenvalue weighted by molar-refractivity contribution is 5.88. The van der Waals surface area contributed by atoms with Crippen LogP contribution < -0.4 is 4.74 Å². The minimum atomic E-state index is -0.930. The van der Waals surface area contributed by atoms with E-state index in [1.807, 2.05) is 13.8 Å². The molecule has 1 N–H and O–H groups in total. The first-order chi connectivity index (χ1) is 6.15.